The van der Waals surface area contributed by atoms with Gasteiger partial charge < -0.3 is 30.1 Å². The third-order valence-corrected chi connectivity index (χ3v) is 5.86. The first-order valence-corrected chi connectivity index (χ1v) is 12.4. The van der Waals surface area contributed by atoms with E-state index in [4.69, 9.17) is 9.84 Å². The molecule has 0 unspecified atom stereocenters. The quantitative estimate of drug-likeness (QED) is 0.177. The molecule has 4 N–H and O–H groups in total. The van der Waals surface area contributed by atoms with Crippen molar-refractivity contribution in [2.45, 2.75) is 95.5 Å². The molecule has 0 saturated carbocycles. The number of aliphatic hydroxyl groups excluding tert-OH is 4. The topological polar surface area (TPSA) is 128 Å². The maximum atomic E-state index is 12.2. The minimum absolute atomic E-state index is 0.0306. The lowest BCUT2D eigenvalue weighted by Gasteiger charge is -2.26. The van der Waals surface area contributed by atoms with Gasteiger partial charge in [0.2, 0.25) is 5.91 Å². The monoisotopic (exact) mass is 481 g/mol. The number of hydrogen-bond donors (Lipinski definition) is 4. The highest BCUT2D eigenvalue weighted by molar-refractivity contribution is 5.75. The summed E-state index contributed by atoms with van der Waals surface area (Å²) in [5.41, 5.74) is 0.995. The van der Waals surface area contributed by atoms with Gasteiger partial charge in [-0.05, 0) is 24.8 Å². The van der Waals surface area contributed by atoms with Crippen molar-refractivity contribution in [3.05, 3.63) is 35.9 Å². The summed E-state index contributed by atoms with van der Waals surface area (Å²) in [6.07, 6.45) is 4.80. The van der Waals surface area contributed by atoms with Crippen molar-refractivity contribution in [3.8, 4) is 0 Å². The summed E-state index contributed by atoms with van der Waals surface area (Å²) in [5.74, 6) is -0.260. The van der Waals surface area contributed by atoms with Gasteiger partial charge in [-0.25, -0.2) is 0 Å². The zero-order valence-electron chi connectivity index (χ0n) is 20.5. The molecule has 1 amide bonds. The predicted octanol–water partition coefficient (Wildman–Crippen LogP) is 2.55. The number of benzene rings is 1. The van der Waals surface area contributed by atoms with E-state index < -0.39 is 18.3 Å². The highest BCUT2D eigenvalue weighted by Crippen LogP contribution is 2.12. The van der Waals surface area contributed by atoms with Crippen LogP contribution in [0.15, 0.2) is 30.3 Å². The SMILES string of the molecule is CN(C[C@H](O)[C@@H](O)[C@H](O)CCO)C(=O)CCCCCCCCCCC(=O)OCc1ccccc1. The fraction of sp³-hybridized carbons (Fsp3) is 0.692. The van der Waals surface area contributed by atoms with Crippen LogP contribution in [0.5, 0.6) is 0 Å². The first-order chi connectivity index (χ1) is 16.3. The van der Waals surface area contributed by atoms with Crippen LogP contribution in [0.25, 0.3) is 0 Å². The number of ether oxygens (including phenoxy) is 1. The molecule has 1 aromatic rings. The van der Waals surface area contributed by atoms with E-state index in [0.29, 0.717) is 19.4 Å². The maximum Gasteiger partial charge on any atom is 0.306 e. The highest BCUT2D eigenvalue weighted by Gasteiger charge is 2.26. The second-order valence-electron chi connectivity index (χ2n) is 8.89. The molecule has 1 rings (SSSR count). The molecule has 8 nitrogen and oxygen atoms in total. The van der Waals surface area contributed by atoms with Crippen molar-refractivity contribution < 1.29 is 34.8 Å². The summed E-state index contributed by atoms with van der Waals surface area (Å²) < 4.78 is 5.27. The lowest BCUT2D eigenvalue weighted by Crippen LogP contribution is -2.45. The van der Waals surface area contributed by atoms with Crippen LogP contribution in [-0.2, 0) is 20.9 Å². The van der Waals surface area contributed by atoms with Crippen LogP contribution in [0, 0.1) is 0 Å². The Balaban J connectivity index is 1.97. The molecular formula is C26H43NO7. The molecule has 0 fully saturated rings. The molecule has 0 aliphatic rings. The molecule has 0 bridgehead atoms. The third kappa shape index (κ3) is 13.6. The number of hydrogen-bond acceptors (Lipinski definition) is 7. The maximum absolute atomic E-state index is 12.2. The van der Waals surface area contributed by atoms with Crippen molar-refractivity contribution in [2.24, 2.45) is 0 Å². The second-order valence-corrected chi connectivity index (χ2v) is 8.89. The largest absolute Gasteiger partial charge is 0.461 e. The normalized spacial score (nSPS) is 13.8. The summed E-state index contributed by atoms with van der Waals surface area (Å²) in [7, 11) is 1.56. The summed E-state index contributed by atoms with van der Waals surface area (Å²) in [5, 5.41) is 38.2. The molecule has 1 aromatic carbocycles. The number of carbonyl (C=O) groups excluding carboxylic acids is 2. The van der Waals surface area contributed by atoms with E-state index in [2.05, 4.69) is 0 Å². The molecule has 194 valence electrons. The van der Waals surface area contributed by atoms with Gasteiger partial charge in [-0.2, -0.15) is 0 Å². The van der Waals surface area contributed by atoms with Crippen LogP contribution in [0.3, 0.4) is 0 Å². The lowest BCUT2D eigenvalue weighted by atomic mass is 10.0. The fourth-order valence-corrected chi connectivity index (χ4v) is 3.66. The standard InChI is InChI=1S/C26H43NO7/c1-27(19-23(30)26(33)22(29)17-18-28)24(31)15-11-6-4-2-3-5-7-12-16-25(32)34-20-21-13-9-8-10-14-21/h8-10,13-14,22-23,26,28-30,33H,2-7,11-12,15-20H2,1H3/t22-,23+,26+/m1/s1. The van der Waals surface area contributed by atoms with Crippen molar-refractivity contribution in [3.63, 3.8) is 0 Å². The Labute approximate surface area is 203 Å². The molecule has 0 heterocycles. The molecule has 0 saturated heterocycles. The average molecular weight is 482 g/mol. The van der Waals surface area contributed by atoms with Crippen molar-refractivity contribution in [1.29, 1.82) is 0 Å². The average Bonchev–Trinajstić information content (AvgIpc) is 2.83. The van der Waals surface area contributed by atoms with E-state index in [9.17, 15) is 24.9 Å². The Bertz CT molecular complexity index is 670. The van der Waals surface area contributed by atoms with Gasteiger partial charge in [0.25, 0.3) is 0 Å². The number of amides is 1. The zero-order valence-corrected chi connectivity index (χ0v) is 20.5. The first-order valence-electron chi connectivity index (χ1n) is 12.4. The van der Waals surface area contributed by atoms with Gasteiger partial charge in [-0.1, -0.05) is 68.9 Å². The molecule has 34 heavy (non-hydrogen) atoms. The number of carbonyl (C=O) groups is 2. The minimum Gasteiger partial charge on any atom is -0.461 e. The van der Waals surface area contributed by atoms with E-state index >= 15 is 0 Å². The first kappa shape index (κ1) is 30.0. The number of unbranched alkanes of at least 4 members (excludes halogenated alkanes) is 7. The molecule has 8 heteroatoms. The van der Waals surface area contributed by atoms with Gasteiger partial charge in [0.15, 0.2) is 0 Å². The molecule has 0 aliphatic heterocycles. The van der Waals surface area contributed by atoms with Crippen LogP contribution in [0.2, 0.25) is 0 Å². The smallest absolute Gasteiger partial charge is 0.306 e. The second kappa shape index (κ2) is 18.3. The van der Waals surface area contributed by atoms with E-state index in [1.807, 2.05) is 30.3 Å². The zero-order chi connectivity index (χ0) is 25.2. The third-order valence-electron chi connectivity index (χ3n) is 5.86. The Hall–Kier alpha value is -2.00. The van der Waals surface area contributed by atoms with E-state index in [1.165, 1.54) is 4.90 Å². The number of esters is 1. The van der Waals surface area contributed by atoms with Crippen molar-refractivity contribution in [2.75, 3.05) is 20.2 Å². The van der Waals surface area contributed by atoms with E-state index in [-0.39, 0.29) is 31.4 Å². The fourth-order valence-electron chi connectivity index (χ4n) is 3.66. The van der Waals surface area contributed by atoms with Gasteiger partial charge in [0.1, 0.15) is 12.7 Å². The number of rotatable bonds is 19. The Morgan fingerprint density at radius 1 is 0.853 bits per heavy atom. The van der Waals surface area contributed by atoms with Crippen LogP contribution >= 0.6 is 0 Å². The molecule has 0 spiro atoms. The van der Waals surface area contributed by atoms with E-state index in [1.54, 1.807) is 7.05 Å². The van der Waals surface area contributed by atoms with Crippen molar-refractivity contribution >= 4 is 11.9 Å². The molecule has 0 aromatic heterocycles. The highest BCUT2D eigenvalue weighted by atomic mass is 16.5. The number of likely N-dealkylation sites (N-methyl/N-ethyl adjacent to an activating group) is 1. The van der Waals surface area contributed by atoms with Gasteiger partial charge in [0.05, 0.1) is 12.2 Å². The van der Waals surface area contributed by atoms with Crippen molar-refractivity contribution in [1.82, 2.24) is 4.90 Å². The number of nitrogens with zero attached hydrogens (tertiary/aromatic N) is 1. The summed E-state index contributed by atoms with van der Waals surface area (Å²) in [6, 6.07) is 9.65. The van der Waals surface area contributed by atoms with Crippen LogP contribution in [0.1, 0.15) is 76.2 Å². The number of aliphatic hydroxyl groups is 4. The summed E-state index contributed by atoms with van der Waals surface area (Å²) >= 11 is 0. The van der Waals surface area contributed by atoms with Gasteiger partial charge in [0, 0.05) is 33.0 Å². The van der Waals surface area contributed by atoms with Gasteiger partial charge in [-0.15, -0.1) is 0 Å². The van der Waals surface area contributed by atoms with Crippen LogP contribution < -0.4 is 0 Å². The van der Waals surface area contributed by atoms with E-state index in [0.717, 1.165) is 56.9 Å². The summed E-state index contributed by atoms with van der Waals surface area (Å²) in [4.78, 5) is 25.3. The minimum atomic E-state index is -1.40. The Kier molecular flexibility index (Phi) is 16.2. The summed E-state index contributed by atoms with van der Waals surface area (Å²) in [6.45, 7) is -0.0277. The van der Waals surface area contributed by atoms with Gasteiger partial charge in [-0.3, -0.25) is 9.59 Å². The molecular weight excluding hydrogens is 438 g/mol. The van der Waals surface area contributed by atoms with Gasteiger partial charge >= 0.3 is 5.97 Å². The van der Waals surface area contributed by atoms with Crippen LogP contribution in [0.4, 0.5) is 0 Å². The molecule has 0 radical (unpaired) electrons. The lowest BCUT2D eigenvalue weighted by molar-refractivity contribution is -0.145. The Morgan fingerprint density at radius 3 is 2.00 bits per heavy atom. The molecule has 0 aliphatic carbocycles. The predicted molar refractivity (Wildman–Crippen MR) is 130 cm³/mol. The Morgan fingerprint density at radius 2 is 1.41 bits per heavy atom. The van der Waals surface area contributed by atoms with Crippen LogP contribution in [-0.4, -0.2) is 75.7 Å². The molecule has 3 atom stereocenters.